The number of amides is 2. The third kappa shape index (κ3) is 5.19. The molecular weight excluding hydrogens is 324 g/mol. The van der Waals surface area contributed by atoms with Crippen LogP contribution >= 0.6 is 11.3 Å². The van der Waals surface area contributed by atoms with E-state index in [0.29, 0.717) is 18.0 Å². The molecule has 2 aromatic heterocycles. The number of hydrogen-bond donors (Lipinski definition) is 3. The van der Waals surface area contributed by atoms with Crippen LogP contribution in [0.1, 0.15) is 39.2 Å². The molecule has 0 radical (unpaired) electrons. The van der Waals surface area contributed by atoms with Crippen LogP contribution in [0.2, 0.25) is 0 Å². The molecule has 2 rings (SSSR count). The van der Waals surface area contributed by atoms with Crippen LogP contribution in [-0.4, -0.2) is 35.1 Å². The van der Waals surface area contributed by atoms with Gasteiger partial charge in [-0.05, 0) is 44.4 Å². The summed E-state index contributed by atoms with van der Waals surface area (Å²) in [5.74, 6) is -0.421. The Hall–Kier alpha value is -2.15. The number of aromatic nitrogens is 2. The van der Waals surface area contributed by atoms with Gasteiger partial charge < -0.3 is 10.6 Å². The van der Waals surface area contributed by atoms with Gasteiger partial charge in [0.15, 0.2) is 0 Å². The van der Waals surface area contributed by atoms with Crippen molar-refractivity contribution in [3.8, 4) is 0 Å². The van der Waals surface area contributed by atoms with Gasteiger partial charge in [-0.15, -0.1) is 11.3 Å². The molecule has 2 amide bonds. The highest BCUT2D eigenvalue weighted by Gasteiger charge is 2.15. The highest BCUT2D eigenvalue weighted by Crippen LogP contribution is 2.14. The zero-order valence-electron chi connectivity index (χ0n) is 14.3. The van der Waals surface area contributed by atoms with E-state index in [0.717, 1.165) is 23.4 Å². The van der Waals surface area contributed by atoms with Gasteiger partial charge in [0.25, 0.3) is 5.91 Å². The van der Waals surface area contributed by atoms with E-state index in [4.69, 9.17) is 0 Å². The standard InChI is InChI=1S/C17H24N4O2S/c1-11(9-19-17(23)15-7-6-12(2)24-15)16(22)18-8-4-5-14-10-20-21-13(14)3/h6-7,10-11H,4-5,8-9H2,1-3H3,(H,18,22)(H,19,23)(H,20,21)/t11-/m1/s1. The van der Waals surface area contributed by atoms with Crippen molar-refractivity contribution < 1.29 is 9.59 Å². The molecule has 0 saturated carbocycles. The van der Waals surface area contributed by atoms with Gasteiger partial charge >= 0.3 is 0 Å². The van der Waals surface area contributed by atoms with Crippen molar-refractivity contribution in [1.82, 2.24) is 20.8 Å². The molecule has 0 unspecified atom stereocenters. The SMILES string of the molecule is Cc1ccc(C(=O)NC[C@@H](C)C(=O)NCCCc2cn[nH]c2C)s1. The van der Waals surface area contributed by atoms with Crippen molar-refractivity contribution in [2.75, 3.05) is 13.1 Å². The smallest absolute Gasteiger partial charge is 0.261 e. The Morgan fingerprint density at radius 1 is 1.29 bits per heavy atom. The molecule has 2 heterocycles. The number of aromatic amines is 1. The number of thiophene rings is 1. The van der Waals surface area contributed by atoms with E-state index >= 15 is 0 Å². The van der Waals surface area contributed by atoms with Crippen molar-refractivity contribution >= 4 is 23.2 Å². The van der Waals surface area contributed by atoms with Crippen LogP contribution in [0.15, 0.2) is 18.3 Å². The number of rotatable bonds is 8. The van der Waals surface area contributed by atoms with Gasteiger partial charge in [0, 0.05) is 23.7 Å². The van der Waals surface area contributed by atoms with E-state index in [1.165, 1.54) is 16.9 Å². The topological polar surface area (TPSA) is 86.9 Å². The van der Waals surface area contributed by atoms with Crippen LogP contribution in [0.25, 0.3) is 0 Å². The first-order chi connectivity index (χ1) is 11.5. The van der Waals surface area contributed by atoms with Gasteiger partial charge in [0.1, 0.15) is 0 Å². The lowest BCUT2D eigenvalue weighted by Gasteiger charge is -2.12. The van der Waals surface area contributed by atoms with Crippen LogP contribution < -0.4 is 10.6 Å². The minimum absolute atomic E-state index is 0.0402. The van der Waals surface area contributed by atoms with Crippen molar-refractivity contribution in [3.63, 3.8) is 0 Å². The molecule has 0 aromatic carbocycles. The van der Waals surface area contributed by atoms with Crippen molar-refractivity contribution in [1.29, 1.82) is 0 Å². The van der Waals surface area contributed by atoms with E-state index < -0.39 is 0 Å². The van der Waals surface area contributed by atoms with Crippen LogP contribution in [0.5, 0.6) is 0 Å². The molecule has 7 heteroatoms. The molecule has 6 nitrogen and oxygen atoms in total. The summed E-state index contributed by atoms with van der Waals surface area (Å²) in [6, 6.07) is 3.72. The Bertz CT molecular complexity index is 692. The fourth-order valence-corrected chi connectivity index (χ4v) is 3.06. The predicted octanol–water partition coefficient (Wildman–Crippen LogP) is 2.20. The Morgan fingerprint density at radius 3 is 2.71 bits per heavy atom. The average Bonchev–Trinajstić information content (AvgIpc) is 3.17. The zero-order valence-corrected chi connectivity index (χ0v) is 15.1. The fraction of sp³-hybridized carbons (Fsp3) is 0.471. The molecule has 0 aliphatic heterocycles. The monoisotopic (exact) mass is 348 g/mol. The molecule has 0 aliphatic carbocycles. The van der Waals surface area contributed by atoms with E-state index in [1.54, 1.807) is 6.07 Å². The number of H-pyrrole nitrogens is 1. The highest BCUT2D eigenvalue weighted by atomic mass is 32.1. The first-order valence-corrected chi connectivity index (χ1v) is 8.90. The van der Waals surface area contributed by atoms with Crippen LogP contribution in [0.4, 0.5) is 0 Å². The molecule has 24 heavy (non-hydrogen) atoms. The minimum atomic E-state index is -0.259. The first kappa shape index (κ1) is 18.2. The van der Waals surface area contributed by atoms with Gasteiger partial charge in [-0.2, -0.15) is 5.10 Å². The van der Waals surface area contributed by atoms with Gasteiger partial charge in [-0.1, -0.05) is 6.92 Å². The number of nitrogens with one attached hydrogen (secondary N) is 3. The molecule has 2 aromatic rings. The molecule has 0 aliphatic rings. The van der Waals surface area contributed by atoms with E-state index in [9.17, 15) is 9.59 Å². The zero-order chi connectivity index (χ0) is 17.5. The summed E-state index contributed by atoms with van der Waals surface area (Å²) in [7, 11) is 0. The molecule has 1 atom stereocenters. The van der Waals surface area contributed by atoms with Crippen molar-refractivity contribution in [3.05, 3.63) is 39.3 Å². The second-order valence-corrected chi connectivity index (χ2v) is 7.22. The normalized spacial score (nSPS) is 12.0. The van der Waals surface area contributed by atoms with E-state index in [2.05, 4.69) is 20.8 Å². The lowest BCUT2D eigenvalue weighted by molar-refractivity contribution is -0.124. The summed E-state index contributed by atoms with van der Waals surface area (Å²) < 4.78 is 0. The predicted molar refractivity (Wildman–Crippen MR) is 95.2 cm³/mol. The number of aryl methyl sites for hydroxylation is 3. The van der Waals surface area contributed by atoms with Gasteiger partial charge in [0.05, 0.1) is 17.0 Å². The summed E-state index contributed by atoms with van der Waals surface area (Å²) in [5.41, 5.74) is 2.25. The van der Waals surface area contributed by atoms with Crippen LogP contribution in [0, 0.1) is 19.8 Å². The third-order valence-corrected chi connectivity index (χ3v) is 4.84. The van der Waals surface area contributed by atoms with Gasteiger partial charge in [-0.25, -0.2) is 0 Å². The lowest BCUT2D eigenvalue weighted by Crippen LogP contribution is -2.37. The molecule has 0 bridgehead atoms. The van der Waals surface area contributed by atoms with E-state index in [1.807, 2.05) is 33.0 Å². The maximum Gasteiger partial charge on any atom is 0.261 e. The average molecular weight is 348 g/mol. The second kappa shape index (κ2) is 8.63. The Balaban J connectivity index is 1.64. The maximum absolute atomic E-state index is 12.0. The van der Waals surface area contributed by atoms with Gasteiger partial charge in [-0.3, -0.25) is 14.7 Å². The summed E-state index contributed by atoms with van der Waals surface area (Å²) in [4.78, 5) is 25.8. The minimum Gasteiger partial charge on any atom is -0.356 e. The van der Waals surface area contributed by atoms with Crippen molar-refractivity contribution in [2.24, 2.45) is 5.92 Å². The fourth-order valence-electron chi connectivity index (χ4n) is 2.27. The third-order valence-electron chi connectivity index (χ3n) is 3.84. The largest absolute Gasteiger partial charge is 0.356 e. The summed E-state index contributed by atoms with van der Waals surface area (Å²) in [6.07, 6.45) is 3.56. The molecular formula is C17H24N4O2S. The summed E-state index contributed by atoms with van der Waals surface area (Å²) in [6.45, 7) is 6.72. The second-order valence-electron chi connectivity index (χ2n) is 5.94. The molecule has 0 fully saturated rings. The Labute approximate surface area is 146 Å². The maximum atomic E-state index is 12.0. The molecule has 3 N–H and O–H groups in total. The van der Waals surface area contributed by atoms with Crippen LogP contribution in [-0.2, 0) is 11.2 Å². The summed E-state index contributed by atoms with van der Waals surface area (Å²) in [5, 5.41) is 12.6. The Morgan fingerprint density at radius 2 is 2.08 bits per heavy atom. The molecule has 130 valence electrons. The number of nitrogens with zero attached hydrogens (tertiary/aromatic N) is 1. The van der Waals surface area contributed by atoms with Crippen molar-refractivity contribution in [2.45, 2.75) is 33.6 Å². The van der Waals surface area contributed by atoms with Crippen LogP contribution in [0.3, 0.4) is 0 Å². The lowest BCUT2D eigenvalue weighted by atomic mass is 10.1. The van der Waals surface area contributed by atoms with Gasteiger partial charge in [0.2, 0.25) is 5.91 Å². The quantitative estimate of drug-likeness (QED) is 0.639. The molecule has 0 spiro atoms. The Kier molecular flexibility index (Phi) is 6.54. The molecule has 0 saturated heterocycles. The highest BCUT2D eigenvalue weighted by molar-refractivity contribution is 7.13. The number of carbonyl (C=O) groups excluding carboxylic acids is 2. The first-order valence-electron chi connectivity index (χ1n) is 8.08. The van der Waals surface area contributed by atoms with E-state index in [-0.39, 0.29) is 17.7 Å². The summed E-state index contributed by atoms with van der Waals surface area (Å²) >= 11 is 1.45. The number of hydrogen-bond acceptors (Lipinski definition) is 4. The number of carbonyl (C=O) groups is 2.